The van der Waals surface area contributed by atoms with Crippen LogP contribution in [0.4, 0.5) is 0 Å². The molecule has 3 nitrogen and oxygen atoms in total. The Morgan fingerprint density at radius 1 is 1.04 bits per heavy atom. The van der Waals surface area contributed by atoms with Crippen LogP contribution in [0.3, 0.4) is 0 Å². The zero-order valence-corrected chi connectivity index (χ0v) is 14.8. The van der Waals surface area contributed by atoms with Gasteiger partial charge in [-0.05, 0) is 31.9 Å². The number of likely N-dealkylation sites (tertiary alicyclic amines) is 1. The summed E-state index contributed by atoms with van der Waals surface area (Å²) in [6.45, 7) is 0. The number of Topliss-reactive ketones (excluding diaryl/α,β-unsaturated/α-hetero) is 1. The van der Waals surface area contributed by atoms with Crippen LogP contribution < -0.4 is 0 Å². The molecule has 3 rings (SSSR count). The standard InChI is InChI=1S/C22H27NO2/c1-23-19(15-21(24)17-9-4-2-5-10-17)13-8-14-20(23)16-22(25)18-11-6-3-7-12-18/h2-7,9-12,19-21,24H,8,13-16H2,1H3/t19-,20+,21-/m1/s1. The third-order valence-corrected chi connectivity index (χ3v) is 5.42. The Kier molecular flexibility index (Phi) is 6.00. The number of carbonyl (C=O) groups is 1. The van der Waals surface area contributed by atoms with E-state index in [0.29, 0.717) is 12.5 Å². The molecule has 1 aliphatic heterocycles. The number of hydrogen-bond donors (Lipinski definition) is 1. The second kappa shape index (κ2) is 8.41. The van der Waals surface area contributed by atoms with Crippen molar-refractivity contribution in [2.75, 3.05) is 7.05 Å². The van der Waals surface area contributed by atoms with Crippen LogP contribution in [0.25, 0.3) is 0 Å². The van der Waals surface area contributed by atoms with Crippen LogP contribution in [0.15, 0.2) is 60.7 Å². The summed E-state index contributed by atoms with van der Waals surface area (Å²) < 4.78 is 0. The van der Waals surface area contributed by atoms with Gasteiger partial charge >= 0.3 is 0 Å². The highest BCUT2D eigenvalue weighted by atomic mass is 16.3. The highest BCUT2D eigenvalue weighted by Gasteiger charge is 2.30. The first-order chi connectivity index (χ1) is 12.1. The van der Waals surface area contributed by atoms with E-state index < -0.39 is 6.10 Å². The lowest BCUT2D eigenvalue weighted by Crippen LogP contribution is -2.45. The molecular formula is C22H27NO2. The summed E-state index contributed by atoms with van der Waals surface area (Å²) in [5.74, 6) is 0.210. The number of ketones is 1. The molecule has 132 valence electrons. The van der Waals surface area contributed by atoms with Crippen LogP contribution in [-0.4, -0.2) is 34.9 Å². The largest absolute Gasteiger partial charge is 0.388 e. The number of aliphatic hydroxyl groups excluding tert-OH is 1. The van der Waals surface area contributed by atoms with E-state index >= 15 is 0 Å². The number of piperidine rings is 1. The molecule has 2 aromatic carbocycles. The molecule has 25 heavy (non-hydrogen) atoms. The molecule has 0 spiro atoms. The normalized spacial score (nSPS) is 22.5. The first-order valence-electron chi connectivity index (χ1n) is 9.18. The van der Waals surface area contributed by atoms with Gasteiger partial charge in [0.05, 0.1) is 6.10 Å². The van der Waals surface area contributed by atoms with Gasteiger partial charge in [0.1, 0.15) is 0 Å². The average Bonchev–Trinajstić information content (AvgIpc) is 2.66. The Hall–Kier alpha value is -1.97. The molecule has 3 heteroatoms. The maximum absolute atomic E-state index is 12.5. The predicted molar refractivity (Wildman–Crippen MR) is 101 cm³/mol. The third-order valence-electron chi connectivity index (χ3n) is 5.42. The molecule has 1 saturated heterocycles. The van der Waals surface area contributed by atoms with Gasteiger partial charge in [0.25, 0.3) is 0 Å². The fourth-order valence-electron chi connectivity index (χ4n) is 3.85. The first kappa shape index (κ1) is 17.8. The Labute approximate surface area is 150 Å². The molecule has 0 aliphatic carbocycles. The van der Waals surface area contributed by atoms with Gasteiger partial charge in [-0.15, -0.1) is 0 Å². The van der Waals surface area contributed by atoms with Gasteiger partial charge < -0.3 is 5.11 Å². The fraction of sp³-hybridized carbons (Fsp3) is 0.409. The Bertz CT molecular complexity index is 671. The van der Waals surface area contributed by atoms with Crippen LogP contribution in [0.2, 0.25) is 0 Å². The minimum atomic E-state index is -0.447. The lowest BCUT2D eigenvalue weighted by molar-refractivity contribution is 0.0549. The third kappa shape index (κ3) is 4.56. The number of nitrogens with zero attached hydrogens (tertiary/aromatic N) is 1. The lowest BCUT2D eigenvalue weighted by atomic mass is 9.88. The topological polar surface area (TPSA) is 40.5 Å². The Morgan fingerprint density at radius 2 is 1.64 bits per heavy atom. The first-order valence-corrected chi connectivity index (χ1v) is 9.18. The van der Waals surface area contributed by atoms with Crippen molar-refractivity contribution in [2.45, 2.75) is 50.3 Å². The smallest absolute Gasteiger partial charge is 0.164 e. The molecule has 2 aromatic rings. The summed E-state index contributed by atoms with van der Waals surface area (Å²) in [6, 6.07) is 20.0. The van der Waals surface area contributed by atoms with E-state index in [4.69, 9.17) is 0 Å². The van der Waals surface area contributed by atoms with Crippen molar-refractivity contribution in [3.8, 4) is 0 Å². The average molecular weight is 337 g/mol. The molecule has 0 bridgehead atoms. The van der Waals surface area contributed by atoms with E-state index in [1.807, 2.05) is 60.7 Å². The molecule has 1 N–H and O–H groups in total. The van der Waals surface area contributed by atoms with Crippen molar-refractivity contribution in [1.82, 2.24) is 4.90 Å². The van der Waals surface area contributed by atoms with Crippen LogP contribution >= 0.6 is 0 Å². The van der Waals surface area contributed by atoms with Crippen molar-refractivity contribution in [1.29, 1.82) is 0 Å². The maximum atomic E-state index is 12.5. The van der Waals surface area contributed by atoms with Crippen LogP contribution in [0, 0.1) is 0 Å². The molecular weight excluding hydrogens is 310 g/mol. The van der Waals surface area contributed by atoms with E-state index in [1.54, 1.807) is 0 Å². The van der Waals surface area contributed by atoms with E-state index in [1.165, 1.54) is 0 Å². The molecule has 0 radical (unpaired) electrons. The molecule has 1 fully saturated rings. The van der Waals surface area contributed by atoms with Gasteiger partial charge in [-0.3, -0.25) is 9.69 Å². The second-order valence-electron chi connectivity index (χ2n) is 7.06. The van der Waals surface area contributed by atoms with Crippen molar-refractivity contribution in [3.63, 3.8) is 0 Å². The van der Waals surface area contributed by atoms with Crippen LogP contribution in [0.1, 0.15) is 54.1 Å². The molecule has 0 amide bonds. The summed E-state index contributed by atoms with van der Waals surface area (Å²) in [5, 5.41) is 10.5. The number of rotatable bonds is 6. The fourth-order valence-corrected chi connectivity index (χ4v) is 3.85. The van der Waals surface area contributed by atoms with Crippen LogP contribution in [-0.2, 0) is 0 Å². The predicted octanol–water partition coefficient (Wildman–Crippen LogP) is 4.24. The van der Waals surface area contributed by atoms with Gasteiger partial charge in [0.15, 0.2) is 5.78 Å². The number of benzene rings is 2. The quantitative estimate of drug-likeness (QED) is 0.802. The molecule has 0 aromatic heterocycles. The highest BCUT2D eigenvalue weighted by Crippen LogP contribution is 2.30. The van der Waals surface area contributed by atoms with Crippen LogP contribution in [0.5, 0.6) is 0 Å². The number of aliphatic hydroxyl groups is 1. The zero-order chi connectivity index (χ0) is 17.6. The van der Waals surface area contributed by atoms with E-state index in [0.717, 1.165) is 36.8 Å². The molecule has 3 atom stereocenters. The van der Waals surface area contributed by atoms with Crippen molar-refractivity contribution in [3.05, 3.63) is 71.8 Å². The van der Waals surface area contributed by atoms with E-state index in [2.05, 4.69) is 11.9 Å². The Morgan fingerprint density at radius 3 is 2.32 bits per heavy atom. The summed E-state index contributed by atoms with van der Waals surface area (Å²) in [4.78, 5) is 14.8. The summed E-state index contributed by atoms with van der Waals surface area (Å²) >= 11 is 0. The monoisotopic (exact) mass is 337 g/mol. The van der Waals surface area contributed by atoms with Crippen molar-refractivity contribution >= 4 is 5.78 Å². The molecule has 1 heterocycles. The van der Waals surface area contributed by atoms with Gasteiger partial charge in [0.2, 0.25) is 0 Å². The van der Waals surface area contributed by atoms with Gasteiger partial charge in [-0.25, -0.2) is 0 Å². The number of carbonyl (C=O) groups excluding carboxylic acids is 1. The summed E-state index contributed by atoms with van der Waals surface area (Å²) in [5.41, 5.74) is 1.76. The highest BCUT2D eigenvalue weighted by molar-refractivity contribution is 5.96. The summed E-state index contributed by atoms with van der Waals surface area (Å²) in [6.07, 6.45) is 4.07. The lowest BCUT2D eigenvalue weighted by Gasteiger charge is -2.40. The maximum Gasteiger partial charge on any atom is 0.164 e. The SMILES string of the molecule is CN1[C@@H](C[C@@H](O)c2ccccc2)CCC[C@H]1CC(=O)c1ccccc1. The molecule has 0 saturated carbocycles. The molecule has 1 aliphatic rings. The minimum absolute atomic E-state index is 0.210. The van der Waals surface area contributed by atoms with E-state index in [9.17, 15) is 9.90 Å². The van der Waals surface area contributed by atoms with Crippen molar-refractivity contribution in [2.24, 2.45) is 0 Å². The zero-order valence-electron chi connectivity index (χ0n) is 14.8. The molecule has 0 unspecified atom stereocenters. The summed E-state index contributed by atoms with van der Waals surface area (Å²) in [7, 11) is 2.10. The van der Waals surface area contributed by atoms with Gasteiger partial charge in [-0.2, -0.15) is 0 Å². The minimum Gasteiger partial charge on any atom is -0.388 e. The van der Waals surface area contributed by atoms with E-state index in [-0.39, 0.29) is 11.8 Å². The van der Waals surface area contributed by atoms with Gasteiger partial charge in [0, 0.05) is 24.1 Å². The second-order valence-corrected chi connectivity index (χ2v) is 7.06. The number of hydrogen-bond acceptors (Lipinski definition) is 3. The van der Waals surface area contributed by atoms with Gasteiger partial charge in [-0.1, -0.05) is 67.1 Å². The van der Waals surface area contributed by atoms with Crippen molar-refractivity contribution < 1.29 is 9.90 Å². The Balaban J connectivity index is 1.61.